The van der Waals surface area contributed by atoms with E-state index in [0.29, 0.717) is 18.8 Å². The van der Waals surface area contributed by atoms with Crippen LogP contribution in [0.4, 0.5) is 0 Å². The third kappa shape index (κ3) is 4.97. The van der Waals surface area contributed by atoms with Crippen LogP contribution in [-0.4, -0.2) is 19.2 Å². The third-order valence-corrected chi connectivity index (χ3v) is 2.09. The summed E-state index contributed by atoms with van der Waals surface area (Å²) in [5.41, 5.74) is 1.35. The zero-order chi connectivity index (χ0) is 12.5. The monoisotopic (exact) mass is 237 g/mol. The molecule has 1 aromatic carbocycles. The predicted molar refractivity (Wildman–Crippen MR) is 63.1 cm³/mol. The highest BCUT2D eigenvalue weighted by atomic mass is 17.2. The highest BCUT2D eigenvalue weighted by Gasteiger charge is 2.10. The molecule has 0 unspecified atom stereocenters. The zero-order valence-electron chi connectivity index (χ0n) is 10.1. The van der Waals surface area contributed by atoms with Crippen molar-refractivity contribution in [3.63, 3.8) is 0 Å². The van der Waals surface area contributed by atoms with Crippen molar-refractivity contribution in [3.05, 3.63) is 42.0 Å². The SMILES string of the molecule is CCCOC[CH]OOC(=O)c1ccccc1C. The fourth-order valence-electron chi connectivity index (χ4n) is 1.23. The number of carbonyl (C=O) groups is 1. The van der Waals surface area contributed by atoms with E-state index in [-0.39, 0.29) is 0 Å². The first-order valence-corrected chi connectivity index (χ1v) is 5.58. The van der Waals surface area contributed by atoms with Gasteiger partial charge in [0.1, 0.15) is 0 Å². The van der Waals surface area contributed by atoms with Gasteiger partial charge in [-0.3, -0.25) is 4.89 Å². The van der Waals surface area contributed by atoms with E-state index in [9.17, 15) is 4.79 Å². The number of hydrogen-bond acceptors (Lipinski definition) is 4. The van der Waals surface area contributed by atoms with Gasteiger partial charge in [-0.05, 0) is 25.0 Å². The molecule has 0 spiro atoms. The van der Waals surface area contributed by atoms with Gasteiger partial charge < -0.3 is 4.74 Å². The van der Waals surface area contributed by atoms with Gasteiger partial charge in [0.25, 0.3) is 0 Å². The van der Waals surface area contributed by atoms with Crippen molar-refractivity contribution in [3.8, 4) is 0 Å². The first kappa shape index (κ1) is 13.7. The highest BCUT2D eigenvalue weighted by Crippen LogP contribution is 2.08. The zero-order valence-corrected chi connectivity index (χ0v) is 10.1. The average Bonchev–Trinajstić information content (AvgIpc) is 2.34. The van der Waals surface area contributed by atoms with Crippen molar-refractivity contribution in [2.24, 2.45) is 0 Å². The van der Waals surface area contributed by atoms with Crippen LogP contribution in [-0.2, 0) is 14.5 Å². The van der Waals surface area contributed by atoms with E-state index < -0.39 is 5.97 Å². The van der Waals surface area contributed by atoms with Gasteiger partial charge in [-0.25, -0.2) is 4.79 Å². The van der Waals surface area contributed by atoms with Crippen LogP contribution < -0.4 is 0 Å². The lowest BCUT2D eigenvalue weighted by molar-refractivity contribution is -0.218. The van der Waals surface area contributed by atoms with Crippen LogP contribution in [0.5, 0.6) is 0 Å². The Morgan fingerprint density at radius 1 is 1.35 bits per heavy atom. The minimum Gasteiger partial charge on any atom is -0.378 e. The molecule has 0 saturated carbocycles. The summed E-state index contributed by atoms with van der Waals surface area (Å²) in [7, 11) is 0. The molecule has 4 heteroatoms. The van der Waals surface area contributed by atoms with Crippen molar-refractivity contribution in [1.29, 1.82) is 0 Å². The van der Waals surface area contributed by atoms with Gasteiger partial charge in [0.15, 0.2) is 6.61 Å². The van der Waals surface area contributed by atoms with Gasteiger partial charge in [-0.15, -0.1) is 0 Å². The maximum atomic E-state index is 11.5. The molecular formula is C13H17O4. The molecule has 0 aliphatic heterocycles. The summed E-state index contributed by atoms with van der Waals surface area (Å²) >= 11 is 0. The number of rotatable bonds is 7. The summed E-state index contributed by atoms with van der Waals surface area (Å²) < 4.78 is 5.12. The lowest BCUT2D eigenvalue weighted by Gasteiger charge is -2.05. The fourth-order valence-corrected chi connectivity index (χ4v) is 1.23. The molecular weight excluding hydrogens is 220 g/mol. The molecule has 0 bridgehead atoms. The molecule has 0 saturated heterocycles. The molecule has 0 aromatic heterocycles. The molecule has 93 valence electrons. The fraction of sp³-hybridized carbons (Fsp3) is 0.385. The molecule has 0 aliphatic carbocycles. The first-order chi connectivity index (χ1) is 8.25. The maximum Gasteiger partial charge on any atom is 0.373 e. The largest absolute Gasteiger partial charge is 0.378 e. The molecule has 0 atom stereocenters. The molecule has 1 aromatic rings. The van der Waals surface area contributed by atoms with E-state index in [1.54, 1.807) is 12.1 Å². The standard InChI is InChI=1S/C13H17O4/c1-3-8-15-9-10-16-17-13(14)12-7-5-4-6-11(12)2/h4-7,10H,3,8-9H2,1-2H3. The van der Waals surface area contributed by atoms with E-state index in [0.717, 1.165) is 12.0 Å². The van der Waals surface area contributed by atoms with Crippen LogP contribution in [0.25, 0.3) is 0 Å². The minimum atomic E-state index is -0.505. The van der Waals surface area contributed by atoms with Crippen molar-refractivity contribution in [2.75, 3.05) is 13.2 Å². The van der Waals surface area contributed by atoms with Gasteiger partial charge in [-0.1, -0.05) is 25.1 Å². The van der Waals surface area contributed by atoms with Gasteiger partial charge in [0.05, 0.1) is 12.2 Å². The molecule has 0 amide bonds. The summed E-state index contributed by atoms with van der Waals surface area (Å²) in [6, 6.07) is 7.16. The van der Waals surface area contributed by atoms with E-state index in [1.165, 1.54) is 6.61 Å². The maximum absolute atomic E-state index is 11.5. The smallest absolute Gasteiger partial charge is 0.373 e. The molecule has 1 rings (SSSR count). The Hall–Kier alpha value is -1.39. The van der Waals surface area contributed by atoms with Gasteiger partial charge in [-0.2, -0.15) is 4.89 Å². The second-order valence-corrected chi connectivity index (χ2v) is 3.52. The summed E-state index contributed by atoms with van der Waals surface area (Å²) in [6.45, 7) is 6.12. The Morgan fingerprint density at radius 3 is 2.82 bits per heavy atom. The Labute approximate surface area is 101 Å². The number of hydrogen-bond donors (Lipinski definition) is 0. The predicted octanol–water partition coefficient (Wildman–Crippen LogP) is 2.67. The molecule has 4 nitrogen and oxygen atoms in total. The molecule has 1 radical (unpaired) electrons. The summed E-state index contributed by atoms with van der Waals surface area (Å²) in [5, 5.41) is 0. The van der Waals surface area contributed by atoms with Crippen molar-refractivity contribution in [2.45, 2.75) is 20.3 Å². The third-order valence-electron chi connectivity index (χ3n) is 2.09. The van der Waals surface area contributed by atoms with Crippen LogP contribution in [0.3, 0.4) is 0 Å². The Balaban J connectivity index is 2.24. The van der Waals surface area contributed by atoms with Gasteiger partial charge in [0, 0.05) is 6.61 Å². The van der Waals surface area contributed by atoms with Crippen LogP contribution in [0.1, 0.15) is 29.3 Å². The highest BCUT2D eigenvalue weighted by molar-refractivity contribution is 5.90. The Morgan fingerprint density at radius 2 is 2.12 bits per heavy atom. The quantitative estimate of drug-likeness (QED) is 0.415. The van der Waals surface area contributed by atoms with Crippen LogP contribution in [0.15, 0.2) is 24.3 Å². The summed E-state index contributed by atoms with van der Waals surface area (Å²) in [5.74, 6) is -0.505. The van der Waals surface area contributed by atoms with Crippen LogP contribution >= 0.6 is 0 Å². The number of carbonyl (C=O) groups excluding carboxylic acids is 1. The number of aryl methyl sites for hydroxylation is 1. The lowest BCUT2D eigenvalue weighted by atomic mass is 10.1. The summed E-state index contributed by atoms with van der Waals surface area (Å²) in [4.78, 5) is 20.8. The Bertz CT molecular complexity index is 349. The van der Waals surface area contributed by atoms with Crippen molar-refractivity contribution >= 4 is 5.97 Å². The van der Waals surface area contributed by atoms with E-state index >= 15 is 0 Å². The van der Waals surface area contributed by atoms with Crippen LogP contribution in [0, 0.1) is 13.5 Å². The molecule has 0 heterocycles. The van der Waals surface area contributed by atoms with E-state index in [4.69, 9.17) is 4.74 Å². The molecule has 0 aliphatic rings. The molecule has 0 N–H and O–H groups in total. The van der Waals surface area contributed by atoms with Crippen LogP contribution in [0.2, 0.25) is 0 Å². The molecule has 17 heavy (non-hydrogen) atoms. The minimum absolute atomic E-state index is 0.300. The average molecular weight is 237 g/mol. The van der Waals surface area contributed by atoms with Gasteiger partial charge in [0.2, 0.25) is 0 Å². The summed E-state index contributed by atoms with van der Waals surface area (Å²) in [6.07, 6.45) is 0.941. The first-order valence-electron chi connectivity index (χ1n) is 5.58. The topological polar surface area (TPSA) is 44.8 Å². The molecule has 0 fully saturated rings. The van der Waals surface area contributed by atoms with Gasteiger partial charge >= 0.3 is 5.97 Å². The second kappa shape index (κ2) is 7.81. The second-order valence-electron chi connectivity index (χ2n) is 3.52. The van der Waals surface area contributed by atoms with Crippen molar-refractivity contribution in [1.82, 2.24) is 0 Å². The number of ether oxygens (including phenoxy) is 1. The normalized spacial score (nSPS) is 10.2. The lowest BCUT2D eigenvalue weighted by Crippen LogP contribution is -2.08. The van der Waals surface area contributed by atoms with Crippen molar-refractivity contribution < 1.29 is 19.3 Å². The van der Waals surface area contributed by atoms with E-state index in [1.807, 2.05) is 26.0 Å². The Kier molecular flexibility index (Phi) is 6.29. The number of benzene rings is 1. The van der Waals surface area contributed by atoms with E-state index in [2.05, 4.69) is 9.78 Å².